The van der Waals surface area contributed by atoms with Gasteiger partial charge in [0.1, 0.15) is 4.90 Å². The molecule has 2 heterocycles. The molecular formula is C10H13BrClNO3S2. The van der Waals surface area contributed by atoms with Gasteiger partial charge in [-0.3, -0.25) is 0 Å². The summed E-state index contributed by atoms with van der Waals surface area (Å²) in [6.45, 7) is 3.09. The van der Waals surface area contributed by atoms with Gasteiger partial charge in [0.15, 0.2) is 0 Å². The molecule has 4 nitrogen and oxygen atoms in total. The average molecular weight is 375 g/mol. The maximum Gasteiger partial charge on any atom is 0.245 e. The summed E-state index contributed by atoms with van der Waals surface area (Å²) < 4.78 is 32.4. The standard InChI is InChI=1S/C10H13BrClNO3S2/c1-7-6-13(2-3-16-7)18(14,15)9-4-8(5-12)17-10(9)11/h4,7H,2-3,5-6H2,1H3. The maximum absolute atomic E-state index is 12.5. The van der Waals surface area contributed by atoms with Gasteiger partial charge in [0.05, 0.1) is 22.4 Å². The summed E-state index contributed by atoms with van der Waals surface area (Å²) in [4.78, 5) is 1.14. The highest BCUT2D eigenvalue weighted by Gasteiger charge is 2.31. The fourth-order valence-corrected chi connectivity index (χ4v) is 6.01. The highest BCUT2D eigenvalue weighted by molar-refractivity contribution is 9.11. The van der Waals surface area contributed by atoms with Crippen molar-refractivity contribution in [1.82, 2.24) is 4.31 Å². The van der Waals surface area contributed by atoms with Crippen LogP contribution in [0, 0.1) is 0 Å². The van der Waals surface area contributed by atoms with Crippen LogP contribution in [0.4, 0.5) is 0 Å². The Bertz CT molecular complexity index is 531. The Morgan fingerprint density at radius 1 is 1.67 bits per heavy atom. The zero-order valence-corrected chi connectivity index (χ0v) is 13.7. The van der Waals surface area contributed by atoms with E-state index in [1.54, 1.807) is 6.07 Å². The van der Waals surface area contributed by atoms with Crippen molar-refractivity contribution in [1.29, 1.82) is 0 Å². The second-order valence-corrected chi connectivity index (χ2v) is 8.66. The molecule has 1 aromatic rings. The van der Waals surface area contributed by atoms with E-state index < -0.39 is 10.0 Å². The molecule has 1 aromatic heterocycles. The van der Waals surface area contributed by atoms with E-state index in [-0.39, 0.29) is 6.10 Å². The van der Waals surface area contributed by atoms with Crippen LogP contribution >= 0.6 is 38.9 Å². The van der Waals surface area contributed by atoms with E-state index >= 15 is 0 Å². The second kappa shape index (κ2) is 5.76. The molecule has 0 N–H and O–H groups in total. The minimum Gasteiger partial charge on any atom is -0.376 e. The monoisotopic (exact) mass is 373 g/mol. The first-order valence-corrected chi connectivity index (χ1v) is 8.99. The first-order valence-electron chi connectivity index (χ1n) is 5.41. The molecule has 2 rings (SSSR count). The minimum atomic E-state index is -3.46. The second-order valence-electron chi connectivity index (χ2n) is 4.03. The molecule has 0 bridgehead atoms. The van der Waals surface area contributed by atoms with Crippen LogP contribution in [0.1, 0.15) is 11.8 Å². The van der Waals surface area contributed by atoms with E-state index in [1.165, 1.54) is 15.6 Å². The summed E-state index contributed by atoms with van der Waals surface area (Å²) in [5, 5.41) is 0. The van der Waals surface area contributed by atoms with E-state index in [1.807, 2.05) is 6.92 Å². The molecule has 1 atom stereocenters. The van der Waals surface area contributed by atoms with Crippen LogP contribution < -0.4 is 0 Å². The van der Waals surface area contributed by atoms with Crippen molar-refractivity contribution in [2.75, 3.05) is 19.7 Å². The van der Waals surface area contributed by atoms with E-state index in [9.17, 15) is 8.42 Å². The molecule has 0 spiro atoms. The lowest BCUT2D eigenvalue weighted by molar-refractivity contribution is 0.0102. The molecule has 102 valence electrons. The van der Waals surface area contributed by atoms with Crippen LogP contribution in [0.25, 0.3) is 0 Å². The van der Waals surface area contributed by atoms with Crippen molar-refractivity contribution in [2.45, 2.75) is 23.8 Å². The molecule has 1 unspecified atom stereocenters. The number of rotatable bonds is 3. The van der Waals surface area contributed by atoms with E-state index in [0.717, 1.165) is 4.88 Å². The highest BCUT2D eigenvalue weighted by atomic mass is 79.9. The van der Waals surface area contributed by atoms with Crippen LogP contribution in [0.15, 0.2) is 14.7 Å². The van der Waals surface area contributed by atoms with Gasteiger partial charge in [-0.1, -0.05) is 0 Å². The van der Waals surface area contributed by atoms with Gasteiger partial charge in [-0.15, -0.1) is 22.9 Å². The first kappa shape index (κ1) is 14.7. The Morgan fingerprint density at radius 3 is 2.94 bits per heavy atom. The molecule has 0 radical (unpaired) electrons. The molecule has 8 heteroatoms. The smallest absolute Gasteiger partial charge is 0.245 e. The average Bonchev–Trinajstić information content (AvgIpc) is 2.71. The van der Waals surface area contributed by atoms with Crippen LogP contribution in [0.2, 0.25) is 0 Å². The molecule has 0 aliphatic carbocycles. The van der Waals surface area contributed by atoms with Crippen LogP contribution in [-0.4, -0.2) is 38.5 Å². The molecule has 0 saturated carbocycles. The first-order chi connectivity index (χ1) is 8.45. The van der Waals surface area contributed by atoms with Gasteiger partial charge in [-0.2, -0.15) is 4.31 Å². The summed E-state index contributed by atoms with van der Waals surface area (Å²) in [5.74, 6) is 0.318. The third-order valence-corrected chi connectivity index (χ3v) is 7.22. The van der Waals surface area contributed by atoms with Crippen LogP contribution in [-0.2, 0) is 20.6 Å². The fraction of sp³-hybridized carbons (Fsp3) is 0.600. The van der Waals surface area contributed by atoms with Gasteiger partial charge in [0.2, 0.25) is 10.0 Å². The van der Waals surface area contributed by atoms with E-state index in [2.05, 4.69) is 15.9 Å². The van der Waals surface area contributed by atoms with E-state index in [0.29, 0.717) is 34.3 Å². The Morgan fingerprint density at radius 2 is 2.39 bits per heavy atom. The number of alkyl halides is 1. The zero-order chi connectivity index (χ0) is 13.3. The Kier molecular flexibility index (Phi) is 4.72. The molecule has 1 aliphatic heterocycles. The number of morpholine rings is 1. The van der Waals surface area contributed by atoms with E-state index in [4.69, 9.17) is 16.3 Å². The summed E-state index contributed by atoms with van der Waals surface area (Å²) in [6, 6.07) is 1.64. The maximum atomic E-state index is 12.5. The Hall–Kier alpha value is 0.340. The number of thiophene rings is 1. The van der Waals surface area contributed by atoms with Crippen molar-refractivity contribution in [3.05, 3.63) is 14.7 Å². The lowest BCUT2D eigenvalue weighted by atomic mass is 10.3. The number of halogens is 2. The molecular weight excluding hydrogens is 362 g/mol. The number of hydrogen-bond donors (Lipinski definition) is 0. The molecule has 1 fully saturated rings. The number of nitrogens with zero attached hydrogens (tertiary/aromatic N) is 1. The highest BCUT2D eigenvalue weighted by Crippen LogP contribution is 2.34. The van der Waals surface area contributed by atoms with Crippen molar-refractivity contribution in [3.8, 4) is 0 Å². The lowest BCUT2D eigenvalue weighted by Gasteiger charge is -2.30. The molecule has 0 amide bonds. The van der Waals surface area contributed by atoms with Crippen molar-refractivity contribution < 1.29 is 13.2 Å². The van der Waals surface area contributed by atoms with Gasteiger partial charge in [-0.05, 0) is 28.9 Å². The summed E-state index contributed by atoms with van der Waals surface area (Å²) in [6.07, 6.45) is -0.0709. The van der Waals surface area contributed by atoms with Crippen molar-refractivity contribution >= 4 is 48.9 Å². The fourth-order valence-electron chi connectivity index (χ4n) is 1.78. The van der Waals surface area contributed by atoms with Crippen LogP contribution in [0.3, 0.4) is 0 Å². The molecule has 0 aromatic carbocycles. The third kappa shape index (κ3) is 2.91. The zero-order valence-electron chi connectivity index (χ0n) is 9.73. The SMILES string of the molecule is CC1CN(S(=O)(=O)c2cc(CCl)sc2Br)CCO1. The predicted molar refractivity (Wildman–Crippen MR) is 75.7 cm³/mol. The van der Waals surface area contributed by atoms with Crippen molar-refractivity contribution in [3.63, 3.8) is 0 Å². The molecule has 1 aliphatic rings. The normalized spacial score (nSPS) is 22.3. The number of ether oxygens (including phenoxy) is 1. The topological polar surface area (TPSA) is 46.6 Å². The Balaban J connectivity index is 2.32. The van der Waals surface area contributed by atoms with Crippen LogP contribution in [0.5, 0.6) is 0 Å². The van der Waals surface area contributed by atoms with Gasteiger partial charge >= 0.3 is 0 Å². The summed E-state index contributed by atoms with van der Waals surface area (Å²) >= 11 is 10.4. The van der Waals surface area contributed by atoms with Gasteiger partial charge in [-0.25, -0.2) is 8.42 Å². The van der Waals surface area contributed by atoms with Gasteiger partial charge in [0.25, 0.3) is 0 Å². The lowest BCUT2D eigenvalue weighted by Crippen LogP contribution is -2.44. The Labute approximate surface area is 124 Å². The summed E-state index contributed by atoms with van der Waals surface area (Å²) in [7, 11) is -3.46. The predicted octanol–water partition coefficient (Wildman–Crippen LogP) is 2.66. The quantitative estimate of drug-likeness (QED) is 0.764. The van der Waals surface area contributed by atoms with Gasteiger partial charge in [0, 0.05) is 18.0 Å². The van der Waals surface area contributed by atoms with Gasteiger partial charge < -0.3 is 4.74 Å². The molecule has 18 heavy (non-hydrogen) atoms. The number of hydrogen-bond acceptors (Lipinski definition) is 4. The van der Waals surface area contributed by atoms with Crippen molar-refractivity contribution in [2.24, 2.45) is 0 Å². The third-order valence-electron chi connectivity index (χ3n) is 2.66. The minimum absolute atomic E-state index is 0.0709. The number of sulfonamides is 1. The summed E-state index contributed by atoms with van der Waals surface area (Å²) in [5.41, 5.74) is 0. The largest absolute Gasteiger partial charge is 0.376 e. The molecule has 1 saturated heterocycles.